The van der Waals surface area contributed by atoms with Crippen molar-refractivity contribution in [3.05, 3.63) is 48.3 Å². The first kappa shape index (κ1) is 19.1. The number of carbonyl (C=O) groups is 1. The Morgan fingerprint density at radius 1 is 1.15 bits per heavy atom. The number of hydrogen-bond acceptors (Lipinski definition) is 5. The number of nitrogens with zero attached hydrogens (tertiary/aromatic N) is 2. The molecule has 0 saturated carbocycles. The van der Waals surface area contributed by atoms with E-state index in [9.17, 15) is 22.7 Å². The molecule has 0 fully saturated rings. The van der Waals surface area contributed by atoms with Crippen LogP contribution in [0.15, 0.2) is 47.4 Å². The van der Waals surface area contributed by atoms with Crippen LogP contribution in [0.1, 0.15) is 13.8 Å². The highest BCUT2D eigenvalue weighted by Gasteiger charge is 2.41. The minimum absolute atomic E-state index is 0.00208. The molecule has 3 rings (SSSR count). The molecule has 0 bridgehead atoms. The maximum atomic E-state index is 13.2. The standard InChI is InChI=1S/C18H19FN2O5S/c1-18(2,23)11-26-14-8-9-16-15(10-14)20(3)17(22)21(27(16,24)25)13-6-4-12(19)5-7-13/h4-10,23H,11H2,1-3H3. The van der Waals surface area contributed by atoms with Gasteiger partial charge < -0.3 is 9.84 Å². The molecule has 9 heteroatoms. The molecule has 2 aromatic rings. The first-order chi connectivity index (χ1) is 12.5. The van der Waals surface area contributed by atoms with Crippen LogP contribution in [0.4, 0.5) is 20.6 Å². The average molecular weight is 394 g/mol. The number of ether oxygens (including phenoxy) is 1. The van der Waals surface area contributed by atoms with Crippen LogP contribution in [-0.2, 0) is 10.0 Å². The van der Waals surface area contributed by atoms with Crippen molar-refractivity contribution in [2.45, 2.75) is 24.3 Å². The van der Waals surface area contributed by atoms with E-state index < -0.39 is 27.5 Å². The van der Waals surface area contributed by atoms with Crippen molar-refractivity contribution in [3.63, 3.8) is 0 Å². The van der Waals surface area contributed by atoms with Crippen LogP contribution in [0.25, 0.3) is 0 Å². The van der Waals surface area contributed by atoms with E-state index >= 15 is 0 Å². The van der Waals surface area contributed by atoms with Gasteiger partial charge in [-0.25, -0.2) is 17.6 Å². The molecule has 1 heterocycles. The van der Waals surface area contributed by atoms with Gasteiger partial charge >= 0.3 is 6.03 Å². The third-order valence-corrected chi connectivity index (χ3v) is 5.67. The van der Waals surface area contributed by atoms with Crippen LogP contribution in [0.5, 0.6) is 5.75 Å². The number of fused-ring (bicyclic) bond motifs is 1. The topological polar surface area (TPSA) is 87.2 Å². The van der Waals surface area contributed by atoms with Gasteiger partial charge in [0.2, 0.25) is 0 Å². The van der Waals surface area contributed by atoms with Crippen LogP contribution >= 0.6 is 0 Å². The van der Waals surface area contributed by atoms with Crippen LogP contribution in [0, 0.1) is 5.82 Å². The first-order valence-electron chi connectivity index (χ1n) is 8.08. The van der Waals surface area contributed by atoms with Gasteiger partial charge in [0, 0.05) is 13.1 Å². The van der Waals surface area contributed by atoms with Crippen molar-refractivity contribution >= 4 is 27.4 Å². The zero-order valence-corrected chi connectivity index (χ0v) is 15.8. The molecule has 0 aliphatic carbocycles. The largest absolute Gasteiger partial charge is 0.491 e. The Kier molecular flexibility index (Phi) is 4.61. The number of hydrogen-bond donors (Lipinski definition) is 1. The lowest BCUT2D eigenvalue weighted by atomic mass is 10.2. The van der Waals surface area contributed by atoms with Gasteiger partial charge in [-0.15, -0.1) is 0 Å². The Labute approximate surface area is 156 Å². The van der Waals surface area contributed by atoms with Crippen molar-refractivity contribution in [1.82, 2.24) is 0 Å². The molecule has 0 aromatic heterocycles. The molecule has 144 valence electrons. The average Bonchev–Trinajstić information content (AvgIpc) is 2.59. The molecule has 0 spiro atoms. The third kappa shape index (κ3) is 3.60. The van der Waals surface area contributed by atoms with Gasteiger partial charge in [-0.1, -0.05) is 0 Å². The number of halogens is 1. The number of benzene rings is 2. The Morgan fingerprint density at radius 2 is 1.78 bits per heavy atom. The number of aliphatic hydroxyl groups is 1. The minimum atomic E-state index is -4.18. The molecule has 27 heavy (non-hydrogen) atoms. The van der Waals surface area contributed by atoms with E-state index in [0.717, 1.165) is 12.1 Å². The maximum absolute atomic E-state index is 13.2. The van der Waals surface area contributed by atoms with Gasteiger partial charge in [0.15, 0.2) is 0 Å². The fraction of sp³-hybridized carbons (Fsp3) is 0.278. The molecule has 0 saturated heterocycles. The van der Waals surface area contributed by atoms with Crippen LogP contribution in [0.3, 0.4) is 0 Å². The zero-order chi connectivity index (χ0) is 20.0. The number of rotatable bonds is 4. The van der Waals surface area contributed by atoms with E-state index in [2.05, 4.69) is 0 Å². The van der Waals surface area contributed by atoms with E-state index in [0.29, 0.717) is 10.1 Å². The molecular weight excluding hydrogens is 375 g/mol. The lowest BCUT2D eigenvalue weighted by Gasteiger charge is -2.34. The minimum Gasteiger partial charge on any atom is -0.491 e. The molecule has 7 nitrogen and oxygen atoms in total. The Balaban J connectivity index is 2.04. The first-order valence-corrected chi connectivity index (χ1v) is 9.52. The number of sulfonamides is 1. The second-order valence-electron chi connectivity index (χ2n) is 6.82. The molecule has 1 aliphatic rings. The molecule has 0 unspecified atom stereocenters. The highest BCUT2D eigenvalue weighted by molar-refractivity contribution is 7.94. The molecule has 2 aromatic carbocycles. The fourth-order valence-electron chi connectivity index (χ4n) is 2.59. The van der Waals surface area contributed by atoms with E-state index in [1.807, 2.05) is 0 Å². The summed E-state index contributed by atoms with van der Waals surface area (Å²) in [4.78, 5) is 13.8. The van der Waals surface area contributed by atoms with E-state index in [-0.39, 0.29) is 22.9 Å². The van der Waals surface area contributed by atoms with Gasteiger partial charge in [0.05, 0.1) is 17.0 Å². The summed E-state index contributed by atoms with van der Waals surface area (Å²) >= 11 is 0. The van der Waals surface area contributed by atoms with Gasteiger partial charge in [-0.3, -0.25) is 4.90 Å². The molecule has 0 radical (unpaired) electrons. The van der Waals surface area contributed by atoms with E-state index in [1.165, 1.54) is 42.3 Å². The molecular formula is C18H19FN2O5S. The normalized spacial score (nSPS) is 16.3. The lowest BCUT2D eigenvalue weighted by Crippen LogP contribution is -2.49. The summed E-state index contributed by atoms with van der Waals surface area (Å²) in [5, 5.41) is 9.76. The lowest BCUT2D eigenvalue weighted by molar-refractivity contribution is 0.0285. The Bertz CT molecular complexity index is 984. The van der Waals surface area contributed by atoms with Gasteiger partial charge in [0.25, 0.3) is 10.0 Å². The van der Waals surface area contributed by atoms with Crippen molar-refractivity contribution in [3.8, 4) is 5.75 Å². The molecule has 2 amide bonds. The summed E-state index contributed by atoms with van der Waals surface area (Å²) in [5.41, 5.74) is -0.865. The summed E-state index contributed by atoms with van der Waals surface area (Å²) in [5.74, 6) is -0.219. The van der Waals surface area contributed by atoms with Gasteiger partial charge in [0.1, 0.15) is 23.1 Å². The quantitative estimate of drug-likeness (QED) is 0.862. The Hall–Kier alpha value is -2.65. The smallest absolute Gasteiger partial charge is 0.342 e. The van der Waals surface area contributed by atoms with Crippen LogP contribution in [-0.4, -0.2) is 38.8 Å². The van der Waals surface area contributed by atoms with E-state index in [1.54, 1.807) is 13.8 Å². The second kappa shape index (κ2) is 6.50. The Morgan fingerprint density at radius 3 is 2.37 bits per heavy atom. The van der Waals surface area contributed by atoms with Crippen molar-refractivity contribution in [1.29, 1.82) is 0 Å². The zero-order valence-electron chi connectivity index (χ0n) is 15.0. The molecule has 1 aliphatic heterocycles. The fourth-order valence-corrected chi connectivity index (χ4v) is 4.22. The number of anilines is 2. The van der Waals surface area contributed by atoms with Crippen LogP contribution in [0.2, 0.25) is 0 Å². The number of carbonyl (C=O) groups excluding carboxylic acids is 1. The highest BCUT2D eigenvalue weighted by Crippen LogP contribution is 2.38. The number of urea groups is 1. The number of amides is 2. The summed E-state index contributed by atoms with van der Waals surface area (Å²) in [7, 11) is -2.74. The summed E-state index contributed by atoms with van der Waals surface area (Å²) in [6.45, 7) is 3.15. The SMILES string of the molecule is CN1C(=O)N(c2ccc(F)cc2)S(=O)(=O)c2ccc(OCC(C)(C)O)cc21. The summed E-state index contributed by atoms with van der Waals surface area (Å²) in [6, 6.07) is 8.04. The third-order valence-electron chi connectivity index (χ3n) is 3.92. The summed E-state index contributed by atoms with van der Waals surface area (Å²) in [6.07, 6.45) is 0. The van der Waals surface area contributed by atoms with Crippen LogP contribution < -0.4 is 13.9 Å². The molecule has 0 atom stereocenters. The predicted molar refractivity (Wildman–Crippen MR) is 98.1 cm³/mol. The van der Waals surface area contributed by atoms with Gasteiger partial charge in [-0.2, -0.15) is 4.31 Å². The molecule has 1 N–H and O–H groups in total. The van der Waals surface area contributed by atoms with Crippen molar-refractivity contribution in [2.75, 3.05) is 22.9 Å². The van der Waals surface area contributed by atoms with Crippen molar-refractivity contribution < 1.29 is 27.4 Å². The predicted octanol–water partition coefficient (Wildman–Crippen LogP) is 2.74. The van der Waals surface area contributed by atoms with Gasteiger partial charge in [-0.05, 0) is 50.2 Å². The highest BCUT2D eigenvalue weighted by atomic mass is 32.2. The maximum Gasteiger partial charge on any atom is 0.342 e. The monoisotopic (exact) mass is 394 g/mol. The second-order valence-corrected chi connectivity index (χ2v) is 8.57. The summed E-state index contributed by atoms with van der Waals surface area (Å²) < 4.78 is 45.2. The van der Waals surface area contributed by atoms with E-state index in [4.69, 9.17) is 4.74 Å². The van der Waals surface area contributed by atoms with Crippen molar-refractivity contribution in [2.24, 2.45) is 0 Å².